The van der Waals surface area contributed by atoms with Crippen LogP contribution in [-0.2, 0) is 4.79 Å². The van der Waals surface area contributed by atoms with Gasteiger partial charge in [0.15, 0.2) is 0 Å². The van der Waals surface area contributed by atoms with Crippen molar-refractivity contribution in [1.82, 2.24) is 10.6 Å². The van der Waals surface area contributed by atoms with E-state index in [1.54, 1.807) is 13.0 Å². The van der Waals surface area contributed by atoms with Crippen LogP contribution in [0.25, 0.3) is 0 Å². The lowest BCUT2D eigenvalue weighted by molar-refractivity contribution is -0.121. The van der Waals surface area contributed by atoms with Crippen LogP contribution < -0.4 is 10.6 Å². The van der Waals surface area contributed by atoms with Gasteiger partial charge >= 0.3 is 0 Å². The summed E-state index contributed by atoms with van der Waals surface area (Å²) < 4.78 is 13.4. The molecule has 0 saturated carbocycles. The van der Waals surface area contributed by atoms with Crippen LogP contribution in [0.4, 0.5) is 4.39 Å². The van der Waals surface area contributed by atoms with Gasteiger partial charge in [0.25, 0.3) is 0 Å². The fraction of sp³-hybridized carbons (Fsp3) is 0.500. The van der Waals surface area contributed by atoms with Crippen molar-refractivity contribution in [2.45, 2.75) is 39.8 Å². The lowest BCUT2D eigenvalue weighted by atomic mass is 10.1. The van der Waals surface area contributed by atoms with Crippen molar-refractivity contribution in [3.05, 3.63) is 35.1 Å². The highest BCUT2D eigenvalue weighted by molar-refractivity contribution is 5.78. The average molecular weight is 252 g/mol. The first-order valence-electron chi connectivity index (χ1n) is 6.19. The molecule has 0 aliphatic heterocycles. The van der Waals surface area contributed by atoms with E-state index >= 15 is 0 Å². The Bertz CT molecular complexity index is 418. The maximum Gasteiger partial charge on any atom is 0.234 e. The molecule has 0 heterocycles. The van der Waals surface area contributed by atoms with E-state index in [0.717, 1.165) is 5.56 Å². The number of carbonyl (C=O) groups is 1. The summed E-state index contributed by atoms with van der Waals surface area (Å²) in [7, 11) is 0. The van der Waals surface area contributed by atoms with Gasteiger partial charge in [-0.2, -0.15) is 0 Å². The topological polar surface area (TPSA) is 41.1 Å². The number of halogens is 1. The van der Waals surface area contributed by atoms with Crippen molar-refractivity contribution in [2.75, 3.05) is 6.54 Å². The zero-order valence-corrected chi connectivity index (χ0v) is 11.4. The maximum absolute atomic E-state index is 13.4. The van der Waals surface area contributed by atoms with Crippen LogP contribution in [0.2, 0.25) is 0 Å². The fourth-order valence-corrected chi connectivity index (χ4v) is 1.55. The quantitative estimate of drug-likeness (QED) is 0.844. The highest BCUT2D eigenvalue weighted by atomic mass is 19.1. The van der Waals surface area contributed by atoms with Crippen molar-refractivity contribution in [3.8, 4) is 0 Å². The number of benzene rings is 1. The van der Waals surface area contributed by atoms with Crippen LogP contribution in [0.3, 0.4) is 0 Å². The number of hydrogen-bond acceptors (Lipinski definition) is 2. The first-order valence-corrected chi connectivity index (χ1v) is 6.19. The van der Waals surface area contributed by atoms with E-state index in [9.17, 15) is 9.18 Å². The lowest BCUT2D eigenvalue weighted by Crippen LogP contribution is -2.38. The molecule has 0 radical (unpaired) electrons. The van der Waals surface area contributed by atoms with E-state index in [1.165, 1.54) is 6.07 Å². The summed E-state index contributed by atoms with van der Waals surface area (Å²) in [5.41, 5.74) is 1.38. The van der Waals surface area contributed by atoms with Gasteiger partial charge in [-0.15, -0.1) is 0 Å². The summed E-state index contributed by atoms with van der Waals surface area (Å²) in [5, 5.41) is 5.87. The van der Waals surface area contributed by atoms with Gasteiger partial charge in [-0.05, 0) is 31.0 Å². The summed E-state index contributed by atoms with van der Waals surface area (Å²) >= 11 is 0. The van der Waals surface area contributed by atoms with Gasteiger partial charge in [0.1, 0.15) is 5.82 Å². The largest absolute Gasteiger partial charge is 0.348 e. The number of nitrogens with one attached hydrogen (secondary N) is 2. The summed E-state index contributed by atoms with van der Waals surface area (Å²) in [6.45, 7) is 7.79. The zero-order valence-electron chi connectivity index (χ0n) is 11.4. The molecular formula is C14H21FN2O. The highest BCUT2D eigenvalue weighted by Crippen LogP contribution is 2.15. The van der Waals surface area contributed by atoms with Crippen LogP contribution in [0.15, 0.2) is 18.2 Å². The van der Waals surface area contributed by atoms with Gasteiger partial charge in [-0.25, -0.2) is 4.39 Å². The Morgan fingerprint density at radius 1 is 1.33 bits per heavy atom. The van der Waals surface area contributed by atoms with E-state index in [2.05, 4.69) is 10.6 Å². The molecule has 1 rings (SSSR count). The molecule has 0 aliphatic rings. The number of carbonyl (C=O) groups excluding carboxylic acids is 1. The van der Waals surface area contributed by atoms with E-state index < -0.39 is 0 Å². The summed E-state index contributed by atoms with van der Waals surface area (Å²) in [6, 6.07) is 5.10. The van der Waals surface area contributed by atoms with Crippen LogP contribution in [0, 0.1) is 12.7 Å². The SMILES string of the molecule is Cc1ccc(C(C)NC(=O)CNC(C)C)cc1F. The van der Waals surface area contributed by atoms with Gasteiger partial charge in [-0.3, -0.25) is 4.79 Å². The van der Waals surface area contributed by atoms with Crippen LogP contribution in [0.1, 0.15) is 37.9 Å². The van der Waals surface area contributed by atoms with Crippen molar-refractivity contribution in [2.24, 2.45) is 0 Å². The summed E-state index contributed by atoms with van der Waals surface area (Å²) in [5.74, 6) is -0.328. The predicted octanol–water partition coefficient (Wildman–Crippen LogP) is 2.31. The Labute approximate surface area is 108 Å². The Hall–Kier alpha value is -1.42. The Morgan fingerprint density at radius 3 is 2.56 bits per heavy atom. The molecule has 0 spiro atoms. The molecule has 1 aromatic carbocycles. The number of rotatable bonds is 5. The molecule has 0 saturated heterocycles. The molecule has 0 fully saturated rings. The predicted molar refractivity (Wildman–Crippen MR) is 70.8 cm³/mol. The molecule has 1 aromatic rings. The monoisotopic (exact) mass is 252 g/mol. The van der Waals surface area contributed by atoms with Gasteiger partial charge in [0, 0.05) is 6.04 Å². The highest BCUT2D eigenvalue weighted by Gasteiger charge is 2.11. The number of amides is 1. The average Bonchev–Trinajstić information content (AvgIpc) is 2.30. The third-order valence-corrected chi connectivity index (χ3v) is 2.74. The molecule has 1 atom stereocenters. The number of aryl methyl sites for hydroxylation is 1. The van der Waals surface area contributed by atoms with Crippen LogP contribution in [0.5, 0.6) is 0 Å². The van der Waals surface area contributed by atoms with Gasteiger partial charge in [-0.1, -0.05) is 26.0 Å². The minimum atomic E-state index is -0.242. The third-order valence-electron chi connectivity index (χ3n) is 2.74. The molecule has 3 nitrogen and oxygen atoms in total. The second-order valence-corrected chi connectivity index (χ2v) is 4.83. The van der Waals surface area contributed by atoms with Crippen LogP contribution in [-0.4, -0.2) is 18.5 Å². The van der Waals surface area contributed by atoms with Crippen molar-refractivity contribution in [1.29, 1.82) is 0 Å². The molecule has 1 amide bonds. The minimum Gasteiger partial charge on any atom is -0.348 e. The van der Waals surface area contributed by atoms with E-state index in [4.69, 9.17) is 0 Å². The first-order chi connectivity index (χ1) is 8.40. The minimum absolute atomic E-state index is 0.0859. The molecule has 0 aliphatic carbocycles. The van der Waals surface area contributed by atoms with Crippen LogP contribution >= 0.6 is 0 Å². The Kier molecular flexibility index (Phi) is 5.28. The summed E-state index contributed by atoms with van der Waals surface area (Å²) in [4.78, 5) is 11.6. The Balaban J connectivity index is 2.56. The second-order valence-electron chi connectivity index (χ2n) is 4.83. The van der Waals surface area contributed by atoms with Gasteiger partial charge in [0.2, 0.25) is 5.91 Å². The Morgan fingerprint density at radius 2 is 2.00 bits per heavy atom. The fourth-order valence-electron chi connectivity index (χ4n) is 1.55. The second kappa shape index (κ2) is 6.50. The standard InChI is InChI=1S/C14H21FN2O/c1-9(2)16-8-14(18)17-11(4)12-6-5-10(3)13(15)7-12/h5-7,9,11,16H,8H2,1-4H3,(H,17,18). The normalized spacial score (nSPS) is 12.6. The van der Waals surface area contributed by atoms with Gasteiger partial charge in [0.05, 0.1) is 12.6 Å². The van der Waals surface area contributed by atoms with Crippen molar-refractivity contribution >= 4 is 5.91 Å². The molecule has 0 aromatic heterocycles. The molecule has 2 N–H and O–H groups in total. The first kappa shape index (κ1) is 14.6. The molecule has 4 heteroatoms. The van der Waals surface area contributed by atoms with Crippen molar-refractivity contribution in [3.63, 3.8) is 0 Å². The third kappa shape index (κ3) is 4.45. The molecule has 0 bridgehead atoms. The molecule has 18 heavy (non-hydrogen) atoms. The van der Waals surface area contributed by atoms with Crippen molar-refractivity contribution < 1.29 is 9.18 Å². The van der Waals surface area contributed by atoms with E-state index in [-0.39, 0.29) is 30.4 Å². The summed E-state index contributed by atoms with van der Waals surface area (Å²) in [6.07, 6.45) is 0. The lowest BCUT2D eigenvalue weighted by Gasteiger charge is -2.16. The maximum atomic E-state index is 13.4. The van der Waals surface area contributed by atoms with Gasteiger partial charge < -0.3 is 10.6 Å². The zero-order chi connectivity index (χ0) is 13.7. The molecular weight excluding hydrogens is 231 g/mol. The van der Waals surface area contributed by atoms with E-state index in [1.807, 2.05) is 26.8 Å². The smallest absolute Gasteiger partial charge is 0.234 e. The number of hydrogen-bond donors (Lipinski definition) is 2. The van der Waals surface area contributed by atoms with E-state index in [0.29, 0.717) is 5.56 Å². The molecule has 1 unspecified atom stereocenters. The molecule has 100 valence electrons.